The number of nitrogens with zero attached hydrogens (tertiary/aromatic N) is 2. The third kappa shape index (κ3) is 9.67. The van der Waals surface area contributed by atoms with Crippen molar-refractivity contribution in [3.05, 3.63) is 65.2 Å². The first-order chi connectivity index (χ1) is 21.3. The smallest absolute Gasteiger partial charge is 0.305 e. The van der Waals surface area contributed by atoms with E-state index in [2.05, 4.69) is 26.5 Å². The Kier molecular flexibility index (Phi) is 11.9. The van der Waals surface area contributed by atoms with Gasteiger partial charge in [-0.05, 0) is 41.3 Å². The number of amides is 3. The van der Waals surface area contributed by atoms with E-state index in [4.69, 9.17) is 11.5 Å². The van der Waals surface area contributed by atoms with E-state index >= 15 is 0 Å². The summed E-state index contributed by atoms with van der Waals surface area (Å²) in [6.45, 7) is 2.85. The highest BCUT2D eigenvalue weighted by molar-refractivity contribution is 6.40. The summed E-state index contributed by atoms with van der Waals surface area (Å²) >= 11 is 0. The van der Waals surface area contributed by atoms with Crippen LogP contribution in [0.4, 0.5) is 5.69 Å². The summed E-state index contributed by atoms with van der Waals surface area (Å²) in [5, 5.41) is 14.6. The van der Waals surface area contributed by atoms with Gasteiger partial charge >= 0.3 is 5.97 Å². The van der Waals surface area contributed by atoms with Gasteiger partial charge in [-0.15, -0.1) is 0 Å². The number of likely N-dealkylation sites (N-methyl/N-ethyl adjacent to an activating group) is 1. The zero-order chi connectivity index (χ0) is 33.3. The molecule has 1 aliphatic rings. The second-order valence-electron chi connectivity index (χ2n) is 10.9. The molecule has 15 nitrogen and oxygen atoms in total. The van der Waals surface area contributed by atoms with E-state index in [1.165, 1.54) is 7.05 Å². The van der Waals surface area contributed by atoms with Crippen molar-refractivity contribution in [2.24, 2.45) is 22.4 Å². The Labute approximate surface area is 259 Å². The number of benzene rings is 2. The van der Waals surface area contributed by atoms with Crippen LogP contribution in [0.5, 0.6) is 0 Å². The number of carbonyl (C=O) groups excluding carboxylic acids is 5. The number of nitrogens with two attached hydrogens (primary N) is 2. The monoisotopic (exact) mass is 622 g/mol. The molecule has 2 aromatic rings. The molecular weight excluding hydrogens is 584 g/mol. The number of aliphatic carboxylic acids is 1. The van der Waals surface area contributed by atoms with E-state index in [9.17, 15) is 33.9 Å². The van der Waals surface area contributed by atoms with Crippen molar-refractivity contribution >= 4 is 46.9 Å². The van der Waals surface area contributed by atoms with E-state index in [0.717, 1.165) is 4.90 Å². The summed E-state index contributed by atoms with van der Waals surface area (Å²) in [5.41, 5.74) is 17.7. The van der Waals surface area contributed by atoms with Crippen LogP contribution in [0.3, 0.4) is 0 Å². The number of hydrogen-bond donors (Lipinski definition) is 7. The highest BCUT2D eigenvalue weighted by Gasteiger charge is 2.36. The Morgan fingerprint density at radius 2 is 1.73 bits per heavy atom. The predicted octanol–water partition coefficient (Wildman–Crippen LogP) is -0.879. The average molecular weight is 623 g/mol. The number of guanidine groups is 1. The Bertz CT molecular complexity index is 1470. The highest BCUT2D eigenvalue weighted by atomic mass is 16.4. The van der Waals surface area contributed by atoms with Crippen molar-refractivity contribution in [1.29, 1.82) is 0 Å². The minimum Gasteiger partial charge on any atom is -0.481 e. The number of rotatable bonds is 6. The van der Waals surface area contributed by atoms with Crippen molar-refractivity contribution in [3.8, 4) is 0 Å². The normalized spacial score (nSPS) is 20.6. The molecule has 0 radical (unpaired) electrons. The van der Waals surface area contributed by atoms with Gasteiger partial charge in [-0.1, -0.05) is 38.1 Å². The topological polar surface area (TPSA) is 238 Å². The SMILES string of the molecule is CC(C)[C@@H]1NC(=O)c2cccc(c2)CNC(=O)[C@H](CC(=O)O)NNCC(=O)C(=O)C(Cc2ccc(N=C(N)N)cc2)N(C)C1=O. The first-order valence-electron chi connectivity index (χ1n) is 14.2. The van der Waals surface area contributed by atoms with E-state index in [-0.39, 0.29) is 30.4 Å². The third-order valence-corrected chi connectivity index (χ3v) is 7.11. The van der Waals surface area contributed by atoms with Gasteiger partial charge in [0.25, 0.3) is 5.91 Å². The van der Waals surface area contributed by atoms with Crippen LogP contribution in [0.1, 0.15) is 41.8 Å². The fraction of sp³-hybridized carbons (Fsp3) is 0.367. The molecule has 1 aliphatic heterocycles. The van der Waals surface area contributed by atoms with E-state index in [0.29, 0.717) is 16.8 Å². The lowest BCUT2D eigenvalue weighted by Crippen LogP contribution is -2.57. The first kappa shape index (κ1) is 34.3. The molecule has 3 amide bonds. The fourth-order valence-corrected chi connectivity index (χ4v) is 4.64. The van der Waals surface area contributed by atoms with Crippen LogP contribution in [0, 0.1) is 5.92 Å². The lowest BCUT2D eigenvalue weighted by molar-refractivity contribution is -0.145. The second-order valence-corrected chi connectivity index (χ2v) is 10.9. The summed E-state index contributed by atoms with van der Waals surface area (Å²) in [6.07, 6.45) is -0.692. The van der Waals surface area contributed by atoms with Gasteiger partial charge in [-0.3, -0.25) is 28.8 Å². The number of fused-ring (bicyclic) bond motifs is 2. The molecule has 2 aromatic carbocycles. The summed E-state index contributed by atoms with van der Waals surface area (Å²) in [5.74, 6) is -5.50. The van der Waals surface area contributed by atoms with Crippen LogP contribution < -0.4 is 33.0 Å². The average Bonchev–Trinajstić information content (AvgIpc) is 2.99. The molecule has 3 atom stereocenters. The van der Waals surface area contributed by atoms with Crippen LogP contribution in [-0.2, 0) is 36.9 Å². The minimum absolute atomic E-state index is 0.0287. The van der Waals surface area contributed by atoms with E-state index in [1.807, 2.05) is 0 Å². The Morgan fingerprint density at radius 1 is 1.04 bits per heavy atom. The molecular formula is C30H38N8O7. The number of carboxylic acid groups (broad SMARTS) is 1. The zero-order valence-electron chi connectivity index (χ0n) is 25.2. The maximum absolute atomic E-state index is 13.8. The van der Waals surface area contributed by atoms with Crippen LogP contribution in [0.25, 0.3) is 0 Å². The molecule has 1 unspecified atom stereocenters. The molecule has 1 heterocycles. The van der Waals surface area contributed by atoms with Gasteiger partial charge in [0.1, 0.15) is 18.1 Å². The summed E-state index contributed by atoms with van der Waals surface area (Å²) in [4.78, 5) is 83.1. The van der Waals surface area contributed by atoms with Crippen molar-refractivity contribution in [2.75, 3.05) is 13.6 Å². The number of hydrazine groups is 1. The lowest BCUT2D eigenvalue weighted by atomic mass is 9.96. The molecule has 240 valence electrons. The molecule has 15 heteroatoms. The van der Waals surface area contributed by atoms with Crippen molar-refractivity contribution < 1.29 is 33.9 Å². The molecule has 9 N–H and O–H groups in total. The quantitative estimate of drug-likeness (QED) is 0.119. The number of Topliss-reactive ketones (excluding diaryl/α,β-unsaturated/α-hetero) is 2. The van der Waals surface area contributed by atoms with Crippen molar-refractivity contribution in [2.45, 2.75) is 51.4 Å². The van der Waals surface area contributed by atoms with Gasteiger partial charge in [-0.2, -0.15) is 0 Å². The van der Waals surface area contributed by atoms with Gasteiger partial charge in [0, 0.05) is 25.6 Å². The Morgan fingerprint density at radius 3 is 2.36 bits per heavy atom. The van der Waals surface area contributed by atoms with Gasteiger partial charge in [0.2, 0.25) is 23.4 Å². The molecule has 45 heavy (non-hydrogen) atoms. The maximum Gasteiger partial charge on any atom is 0.305 e. The molecule has 0 aromatic heterocycles. The number of carboxylic acids is 1. The highest BCUT2D eigenvalue weighted by Crippen LogP contribution is 2.18. The lowest BCUT2D eigenvalue weighted by Gasteiger charge is -2.32. The molecule has 3 rings (SSSR count). The number of ketones is 2. The molecule has 0 fully saturated rings. The molecule has 2 bridgehead atoms. The number of carbonyl (C=O) groups is 6. The van der Waals surface area contributed by atoms with E-state index in [1.54, 1.807) is 62.4 Å². The predicted molar refractivity (Wildman–Crippen MR) is 164 cm³/mol. The Balaban J connectivity index is 2.00. The number of nitrogens with one attached hydrogen (secondary N) is 4. The minimum atomic E-state index is -1.30. The van der Waals surface area contributed by atoms with Crippen LogP contribution in [-0.4, -0.2) is 82.9 Å². The van der Waals surface area contributed by atoms with Crippen molar-refractivity contribution in [1.82, 2.24) is 26.4 Å². The van der Waals surface area contributed by atoms with Crippen LogP contribution in [0.15, 0.2) is 53.5 Å². The van der Waals surface area contributed by atoms with Crippen molar-refractivity contribution in [3.63, 3.8) is 0 Å². The first-order valence-corrected chi connectivity index (χ1v) is 14.2. The molecule has 0 saturated carbocycles. The van der Waals surface area contributed by atoms with Gasteiger partial charge in [0.15, 0.2) is 5.96 Å². The molecule has 0 spiro atoms. The second kappa shape index (κ2) is 15.5. The Hall–Kier alpha value is -5.15. The standard InChI is InChI=1S/C30H38N8O7/c1-16(2)25-29(45)38(3)22(12-17-7-9-20(10-8-17)35-30(31)32)26(42)23(39)15-34-37-21(13-24(40)41)28(44)33-14-18-5-4-6-19(11-18)27(43)36-25/h4-11,16,21-22,25,34,37H,12-15H2,1-3H3,(H,33,44)(H,36,43)(H,40,41)(H4,31,32,35)/t21-,22?,25-/m0/s1. The molecule has 0 saturated heterocycles. The maximum atomic E-state index is 13.8. The number of hydrogen-bond acceptors (Lipinski definition) is 9. The van der Waals surface area contributed by atoms with Gasteiger partial charge in [-0.25, -0.2) is 15.8 Å². The fourth-order valence-electron chi connectivity index (χ4n) is 4.64. The summed E-state index contributed by atoms with van der Waals surface area (Å²) < 4.78 is 0. The molecule has 0 aliphatic carbocycles. The largest absolute Gasteiger partial charge is 0.481 e. The van der Waals surface area contributed by atoms with E-state index < -0.39 is 66.3 Å². The van der Waals surface area contributed by atoms with Gasteiger partial charge in [0.05, 0.1) is 18.7 Å². The van der Waals surface area contributed by atoms with Crippen LogP contribution in [0.2, 0.25) is 0 Å². The van der Waals surface area contributed by atoms with Crippen LogP contribution >= 0.6 is 0 Å². The number of aliphatic imine (C=N–C) groups is 1. The zero-order valence-corrected chi connectivity index (χ0v) is 25.2. The summed E-state index contributed by atoms with van der Waals surface area (Å²) in [7, 11) is 1.38. The van der Waals surface area contributed by atoms with Gasteiger partial charge < -0.3 is 32.1 Å². The third-order valence-electron chi connectivity index (χ3n) is 7.11. The summed E-state index contributed by atoms with van der Waals surface area (Å²) in [6, 6.07) is 9.25.